The molecule has 4 nitrogen and oxygen atoms in total. The highest BCUT2D eigenvalue weighted by atomic mass is 79.9. The van der Waals surface area contributed by atoms with Crippen LogP contribution in [0.4, 0.5) is 0 Å². The first-order valence-corrected chi connectivity index (χ1v) is 9.23. The third-order valence-corrected chi connectivity index (χ3v) is 4.89. The van der Waals surface area contributed by atoms with Gasteiger partial charge in [0.2, 0.25) is 0 Å². The van der Waals surface area contributed by atoms with Crippen LogP contribution in [-0.2, 0) is 9.53 Å². The minimum Gasteiger partial charge on any atom is -0.484 e. The number of carbonyl (C=O) groups excluding carboxylic acids is 1. The number of hydrogen-bond acceptors (Lipinski definition) is 3. The van der Waals surface area contributed by atoms with Gasteiger partial charge >= 0.3 is 0 Å². The average molecular weight is 455 g/mol. The largest absolute Gasteiger partial charge is 0.484 e. The van der Waals surface area contributed by atoms with E-state index in [2.05, 4.69) is 31.9 Å². The van der Waals surface area contributed by atoms with E-state index in [0.717, 1.165) is 14.5 Å². The summed E-state index contributed by atoms with van der Waals surface area (Å²) in [6.07, 6.45) is -0.0940. The second-order valence-corrected chi connectivity index (χ2v) is 7.32. The molecule has 126 valence electrons. The molecule has 0 saturated carbocycles. The molecule has 6 heteroatoms. The van der Waals surface area contributed by atoms with Crippen molar-refractivity contribution in [1.29, 1.82) is 0 Å². The standard InChI is InChI=1S/C18H17Br2NO3/c19-14-3-1-13(2-4-14)17-11-21(9-10-23-17)18(22)12-24-16-7-5-15(20)6-8-16/h1-8,17H,9-12H2. The highest BCUT2D eigenvalue weighted by Gasteiger charge is 2.25. The lowest BCUT2D eigenvalue weighted by atomic mass is 10.1. The van der Waals surface area contributed by atoms with Crippen LogP contribution in [-0.4, -0.2) is 37.1 Å². The first-order chi connectivity index (χ1) is 11.6. The molecule has 1 unspecified atom stereocenters. The molecule has 24 heavy (non-hydrogen) atoms. The number of rotatable bonds is 4. The highest BCUT2D eigenvalue weighted by Crippen LogP contribution is 2.24. The second-order valence-electron chi connectivity index (χ2n) is 5.49. The number of amides is 1. The van der Waals surface area contributed by atoms with Crippen LogP contribution in [0.15, 0.2) is 57.5 Å². The molecule has 1 aliphatic rings. The first-order valence-electron chi connectivity index (χ1n) is 7.65. The third kappa shape index (κ3) is 4.59. The molecule has 1 aliphatic heterocycles. The minimum absolute atomic E-state index is 0.0247. The molecule has 0 aromatic heterocycles. The van der Waals surface area contributed by atoms with E-state index in [0.29, 0.717) is 25.4 Å². The van der Waals surface area contributed by atoms with Gasteiger partial charge in [-0.3, -0.25) is 4.79 Å². The molecular formula is C18H17Br2NO3. The lowest BCUT2D eigenvalue weighted by molar-refractivity contribution is -0.141. The zero-order valence-electron chi connectivity index (χ0n) is 13.0. The molecule has 0 bridgehead atoms. The van der Waals surface area contributed by atoms with Crippen molar-refractivity contribution in [3.63, 3.8) is 0 Å². The number of hydrogen-bond donors (Lipinski definition) is 0. The Morgan fingerprint density at radius 3 is 2.38 bits per heavy atom. The summed E-state index contributed by atoms with van der Waals surface area (Å²) < 4.78 is 13.4. The number of morpholine rings is 1. The summed E-state index contributed by atoms with van der Waals surface area (Å²) in [4.78, 5) is 14.2. The Labute approximate surface area is 158 Å². The van der Waals surface area contributed by atoms with E-state index in [4.69, 9.17) is 9.47 Å². The summed E-state index contributed by atoms with van der Waals surface area (Å²) in [5, 5.41) is 0. The third-order valence-electron chi connectivity index (χ3n) is 3.84. The Balaban J connectivity index is 1.56. The van der Waals surface area contributed by atoms with Crippen molar-refractivity contribution in [2.45, 2.75) is 6.10 Å². The summed E-state index contributed by atoms with van der Waals surface area (Å²) in [5.41, 5.74) is 1.07. The molecule has 1 amide bonds. The van der Waals surface area contributed by atoms with Crippen molar-refractivity contribution in [3.05, 3.63) is 63.0 Å². The van der Waals surface area contributed by atoms with Gasteiger partial charge in [-0.25, -0.2) is 0 Å². The number of carbonyl (C=O) groups is 1. The van der Waals surface area contributed by atoms with Crippen LogP contribution < -0.4 is 4.74 Å². The van der Waals surface area contributed by atoms with E-state index in [-0.39, 0.29) is 18.6 Å². The Morgan fingerprint density at radius 2 is 1.71 bits per heavy atom. The van der Waals surface area contributed by atoms with Crippen LogP contribution in [0.3, 0.4) is 0 Å². The summed E-state index contributed by atoms with van der Waals surface area (Å²) in [7, 11) is 0. The molecule has 2 aromatic carbocycles. The molecule has 1 fully saturated rings. The van der Waals surface area contributed by atoms with Crippen molar-refractivity contribution < 1.29 is 14.3 Å². The lowest BCUT2D eigenvalue weighted by Gasteiger charge is -2.33. The summed E-state index contributed by atoms with van der Waals surface area (Å²) >= 11 is 6.80. The van der Waals surface area contributed by atoms with Crippen molar-refractivity contribution in [1.82, 2.24) is 4.90 Å². The van der Waals surface area contributed by atoms with Gasteiger partial charge in [-0.2, -0.15) is 0 Å². The molecule has 0 radical (unpaired) electrons. The minimum atomic E-state index is -0.0940. The predicted octanol–water partition coefficient (Wildman–Crippen LogP) is 4.19. The molecule has 0 spiro atoms. The van der Waals surface area contributed by atoms with Crippen LogP contribution in [0.25, 0.3) is 0 Å². The fourth-order valence-corrected chi connectivity index (χ4v) is 3.05. The smallest absolute Gasteiger partial charge is 0.260 e. The number of ether oxygens (including phenoxy) is 2. The predicted molar refractivity (Wildman–Crippen MR) is 99.1 cm³/mol. The zero-order valence-corrected chi connectivity index (χ0v) is 16.1. The van der Waals surface area contributed by atoms with Crippen LogP contribution in [0, 0.1) is 0 Å². The van der Waals surface area contributed by atoms with Crippen molar-refractivity contribution in [2.75, 3.05) is 26.3 Å². The average Bonchev–Trinajstić information content (AvgIpc) is 2.62. The maximum absolute atomic E-state index is 12.4. The molecule has 1 atom stereocenters. The van der Waals surface area contributed by atoms with Gasteiger partial charge in [-0.1, -0.05) is 44.0 Å². The molecule has 3 rings (SSSR count). The maximum Gasteiger partial charge on any atom is 0.260 e. The van der Waals surface area contributed by atoms with E-state index in [9.17, 15) is 4.79 Å². The van der Waals surface area contributed by atoms with Crippen molar-refractivity contribution in [3.8, 4) is 5.75 Å². The molecule has 2 aromatic rings. The SMILES string of the molecule is O=C(COc1ccc(Br)cc1)N1CCOC(c2ccc(Br)cc2)C1. The van der Waals surface area contributed by atoms with Crippen molar-refractivity contribution in [2.24, 2.45) is 0 Å². The Kier molecular flexibility index (Phi) is 5.92. The number of halogens is 2. The molecule has 1 heterocycles. The van der Waals surface area contributed by atoms with E-state index >= 15 is 0 Å². The molecule has 0 aliphatic carbocycles. The maximum atomic E-state index is 12.4. The summed E-state index contributed by atoms with van der Waals surface area (Å²) in [5.74, 6) is 0.660. The summed E-state index contributed by atoms with van der Waals surface area (Å²) in [6.45, 7) is 1.71. The van der Waals surface area contributed by atoms with Gasteiger partial charge in [0.1, 0.15) is 11.9 Å². The highest BCUT2D eigenvalue weighted by molar-refractivity contribution is 9.10. The van der Waals surface area contributed by atoms with Gasteiger partial charge < -0.3 is 14.4 Å². The zero-order chi connectivity index (χ0) is 16.9. The number of nitrogens with zero attached hydrogens (tertiary/aromatic N) is 1. The lowest BCUT2D eigenvalue weighted by Crippen LogP contribution is -2.44. The molecule has 1 saturated heterocycles. The molecular weight excluding hydrogens is 438 g/mol. The van der Waals surface area contributed by atoms with Gasteiger partial charge in [0.15, 0.2) is 6.61 Å². The van der Waals surface area contributed by atoms with Crippen LogP contribution in [0.2, 0.25) is 0 Å². The fourth-order valence-electron chi connectivity index (χ4n) is 2.52. The van der Waals surface area contributed by atoms with Crippen LogP contribution in [0.1, 0.15) is 11.7 Å². The van der Waals surface area contributed by atoms with E-state index in [1.807, 2.05) is 48.5 Å². The second kappa shape index (κ2) is 8.14. The van der Waals surface area contributed by atoms with Gasteiger partial charge in [0, 0.05) is 15.5 Å². The quantitative estimate of drug-likeness (QED) is 0.695. The molecule has 0 N–H and O–H groups in total. The van der Waals surface area contributed by atoms with E-state index < -0.39 is 0 Å². The topological polar surface area (TPSA) is 38.8 Å². The van der Waals surface area contributed by atoms with E-state index in [1.165, 1.54) is 0 Å². The Morgan fingerprint density at radius 1 is 1.08 bits per heavy atom. The Hall–Kier alpha value is -1.37. The van der Waals surface area contributed by atoms with Gasteiger partial charge in [-0.05, 0) is 42.0 Å². The Bertz CT molecular complexity index is 688. The van der Waals surface area contributed by atoms with Gasteiger partial charge in [-0.15, -0.1) is 0 Å². The van der Waals surface area contributed by atoms with Gasteiger partial charge in [0.05, 0.1) is 13.2 Å². The number of benzene rings is 2. The van der Waals surface area contributed by atoms with Crippen LogP contribution >= 0.6 is 31.9 Å². The normalized spacial score (nSPS) is 17.6. The summed E-state index contributed by atoms with van der Waals surface area (Å²) in [6, 6.07) is 15.4. The van der Waals surface area contributed by atoms with Gasteiger partial charge in [0.25, 0.3) is 5.91 Å². The first kappa shape index (κ1) is 17.5. The van der Waals surface area contributed by atoms with Crippen LogP contribution in [0.5, 0.6) is 5.75 Å². The monoisotopic (exact) mass is 453 g/mol. The van der Waals surface area contributed by atoms with E-state index in [1.54, 1.807) is 4.90 Å². The fraction of sp³-hybridized carbons (Fsp3) is 0.278. The van der Waals surface area contributed by atoms with Crippen molar-refractivity contribution >= 4 is 37.8 Å².